The Balaban J connectivity index is 0.00000116. The van der Waals surface area contributed by atoms with Crippen molar-refractivity contribution in [2.45, 2.75) is 33.6 Å². The maximum absolute atomic E-state index is 11.6. The molecule has 2 heterocycles. The van der Waals surface area contributed by atoms with Gasteiger partial charge in [-0.3, -0.25) is 9.78 Å². The molecule has 0 aliphatic heterocycles. The molecule has 22 heavy (non-hydrogen) atoms. The van der Waals surface area contributed by atoms with E-state index in [4.69, 9.17) is 34.7 Å². The number of nitrogen functional groups attached to an aromatic ring is 1. The van der Waals surface area contributed by atoms with Gasteiger partial charge < -0.3 is 11.5 Å². The van der Waals surface area contributed by atoms with E-state index in [2.05, 4.69) is 10.1 Å². The van der Waals surface area contributed by atoms with Crippen LogP contribution in [0.4, 0.5) is 5.82 Å². The molecule has 0 bridgehead atoms. The highest BCUT2D eigenvalue weighted by Crippen LogP contribution is 2.32. The number of hydrogen-bond acceptors (Lipinski definition) is 4. The molecule has 2 aromatic rings. The molecule has 0 aliphatic carbocycles. The number of nitrogens with zero attached hydrogens (tertiary/aromatic N) is 3. The van der Waals surface area contributed by atoms with E-state index in [1.54, 1.807) is 0 Å². The Morgan fingerprint density at radius 1 is 1.23 bits per heavy atom. The van der Waals surface area contributed by atoms with Crippen LogP contribution in [0, 0.1) is 0 Å². The van der Waals surface area contributed by atoms with Gasteiger partial charge in [-0.2, -0.15) is 5.10 Å². The predicted molar refractivity (Wildman–Crippen MR) is 89.7 cm³/mol. The first-order chi connectivity index (χ1) is 10.3. The third-order valence-corrected chi connectivity index (χ3v) is 3.33. The minimum atomic E-state index is -0.640. The van der Waals surface area contributed by atoms with Crippen molar-refractivity contribution in [3.8, 4) is 5.69 Å². The lowest BCUT2D eigenvalue weighted by atomic mass is 10.1. The molecule has 0 saturated heterocycles. The van der Waals surface area contributed by atoms with Gasteiger partial charge in [0.05, 0.1) is 15.7 Å². The van der Waals surface area contributed by atoms with Crippen molar-refractivity contribution in [2.24, 2.45) is 5.73 Å². The Bertz CT molecular complexity index is 662. The van der Waals surface area contributed by atoms with Crippen LogP contribution in [0.3, 0.4) is 0 Å². The molecular weight excluding hydrogens is 325 g/mol. The van der Waals surface area contributed by atoms with Crippen molar-refractivity contribution in [3.05, 3.63) is 33.7 Å². The Kier molecular flexibility index (Phi) is 6.20. The second-order valence-corrected chi connectivity index (χ2v) is 5.34. The fourth-order valence-electron chi connectivity index (χ4n) is 1.88. The molecule has 120 valence electrons. The first kappa shape index (κ1) is 18.3. The third kappa shape index (κ3) is 3.34. The molecular formula is C14H19Cl2N5O. The first-order valence-corrected chi connectivity index (χ1v) is 7.57. The summed E-state index contributed by atoms with van der Waals surface area (Å²) in [4.78, 5) is 15.4. The summed E-state index contributed by atoms with van der Waals surface area (Å²) >= 11 is 12.2. The van der Waals surface area contributed by atoms with Crippen LogP contribution in [0.15, 0.2) is 12.4 Å². The molecule has 2 aromatic heterocycles. The van der Waals surface area contributed by atoms with E-state index < -0.39 is 5.91 Å². The maximum atomic E-state index is 11.6. The zero-order chi connectivity index (χ0) is 17.0. The summed E-state index contributed by atoms with van der Waals surface area (Å²) in [5.74, 6) is -0.560. The van der Waals surface area contributed by atoms with Gasteiger partial charge in [0, 0.05) is 12.4 Å². The van der Waals surface area contributed by atoms with Gasteiger partial charge in [-0.15, -0.1) is 0 Å². The Hall–Kier alpha value is -1.79. The molecule has 4 N–H and O–H groups in total. The molecule has 0 spiro atoms. The van der Waals surface area contributed by atoms with Crippen LogP contribution in [-0.2, 0) is 0 Å². The summed E-state index contributed by atoms with van der Waals surface area (Å²) in [5, 5.41) is 4.87. The second-order valence-electron chi connectivity index (χ2n) is 4.53. The summed E-state index contributed by atoms with van der Waals surface area (Å²) in [7, 11) is 0. The Morgan fingerprint density at radius 2 is 1.73 bits per heavy atom. The number of rotatable bonds is 3. The first-order valence-electron chi connectivity index (χ1n) is 6.82. The van der Waals surface area contributed by atoms with Crippen molar-refractivity contribution in [1.82, 2.24) is 14.8 Å². The molecule has 0 fully saturated rings. The average Bonchev–Trinajstić information content (AvgIpc) is 2.79. The molecule has 0 saturated carbocycles. The molecule has 8 heteroatoms. The third-order valence-electron chi connectivity index (χ3n) is 2.78. The van der Waals surface area contributed by atoms with E-state index in [1.165, 1.54) is 17.1 Å². The van der Waals surface area contributed by atoms with Crippen LogP contribution >= 0.6 is 23.2 Å². The lowest BCUT2D eigenvalue weighted by Gasteiger charge is -2.08. The van der Waals surface area contributed by atoms with Gasteiger partial charge in [0.25, 0.3) is 5.91 Å². The molecule has 0 radical (unpaired) electrons. The van der Waals surface area contributed by atoms with Crippen molar-refractivity contribution < 1.29 is 4.79 Å². The maximum Gasteiger partial charge on any atom is 0.254 e. The highest BCUT2D eigenvalue weighted by atomic mass is 35.5. The minimum absolute atomic E-state index is 0.0274. The summed E-state index contributed by atoms with van der Waals surface area (Å²) in [6, 6.07) is 0. The number of anilines is 1. The quantitative estimate of drug-likeness (QED) is 0.891. The number of carbonyl (C=O) groups excluding carboxylic acids is 1. The number of pyridine rings is 1. The van der Waals surface area contributed by atoms with Crippen LogP contribution in [0.5, 0.6) is 0 Å². The van der Waals surface area contributed by atoms with Gasteiger partial charge in [0.15, 0.2) is 0 Å². The normalized spacial score (nSPS) is 10.3. The van der Waals surface area contributed by atoms with Gasteiger partial charge in [-0.25, -0.2) is 4.68 Å². The fraction of sp³-hybridized carbons (Fsp3) is 0.357. The molecule has 0 atom stereocenters. The Morgan fingerprint density at radius 3 is 2.09 bits per heavy atom. The number of primary amides is 1. The predicted octanol–water partition coefficient (Wildman–Crippen LogP) is 3.40. The summed E-state index contributed by atoms with van der Waals surface area (Å²) in [6.07, 6.45) is 2.84. The Labute approximate surface area is 139 Å². The molecule has 0 unspecified atom stereocenters. The molecule has 2 rings (SSSR count). The van der Waals surface area contributed by atoms with Crippen LogP contribution in [0.1, 0.15) is 49.7 Å². The van der Waals surface area contributed by atoms with Gasteiger partial charge in [0.2, 0.25) is 0 Å². The van der Waals surface area contributed by atoms with Gasteiger partial charge >= 0.3 is 0 Å². The summed E-state index contributed by atoms with van der Waals surface area (Å²) in [6.45, 7) is 7.77. The minimum Gasteiger partial charge on any atom is -0.383 e. The molecule has 6 nitrogen and oxygen atoms in total. The van der Waals surface area contributed by atoms with Crippen molar-refractivity contribution >= 4 is 34.9 Å². The van der Waals surface area contributed by atoms with Gasteiger partial charge in [0.1, 0.15) is 17.1 Å². The second kappa shape index (κ2) is 7.47. The van der Waals surface area contributed by atoms with E-state index in [0.717, 1.165) is 0 Å². The number of carbonyl (C=O) groups is 1. The SMILES string of the molecule is CC.CC(C)c1nn(-c2c(Cl)cncc2Cl)c(N)c1C(N)=O. The number of halogens is 2. The smallest absolute Gasteiger partial charge is 0.254 e. The zero-order valence-electron chi connectivity index (χ0n) is 12.9. The largest absolute Gasteiger partial charge is 0.383 e. The van der Waals surface area contributed by atoms with Crippen molar-refractivity contribution in [2.75, 3.05) is 5.73 Å². The van der Waals surface area contributed by atoms with E-state index >= 15 is 0 Å². The lowest BCUT2D eigenvalue weighted by molar-refractivity contribution is 0.1000. The average molecular weight is 344 g/mol. The van der Waals surface area contributed by atoms with Crippen molar-refractivity contribution in [1.29, 1.82) is 0 Å². The summed E-state index contributed by atoms with van der Waals surface area (Å²) in [5.41, 5.74) is 12.4. The van der Waals surface area contributed by atoms with Crippen LogP contribution in [0.2, 0.25) is 10.0 Å². The van der Waals surface area contributed by atoms with Crippen molar-refractivity contribution in [3.63, 3.8) is 0 Å². The van der Waals surface area contributed by atoms with Crippen LogP contribution < -0.4 is 11.5 Å². The van der Waals surface area contributed by atoms with Gasteiger partial charge in [-0.05, 0) is 5.92 Å². The van der Waals surface area contributed by atoms with E-state index in [9.17, 15) is 4.79 Å². The standard InChI is InChI=1S/C12H13Cl2N5O.C2H6/c1-5(2)9-8(12(16)20)11(15)19(18-9)10-6(13)3-17-4-7(10)14;1-2/h3-5H,15H2,1-2H3,(H2,16,20);1-2H3. The van der Waals surface area contributed by atoms with Crippen LogP contribution in [0.25, 0.3) is 5.69 Å². The van der Waals surface area contributed by atoms with E-state index in [1.807, 2.05) is 27.7 Å². The number of nitrogens with two attached hydrogens (primary N) is 2. The summed E-state index contributed by atoms with van der Waals surface area (Å²) < 4.78 is 1.32. The van der Waals surface area contributed by atoms with Gasteiger partial charge in [-0.1, -0.05) is 50.9 Å². The van der Waals surface area contributed by atoms with E-state index in [-0.39, 0.29) is 27.3 Å². The highest BCUT2D eigenvalue weighted by Gasteiger charge is 2.24. The zero-order valence-corrected chi connectivity index (χ0v) is 14.4. The number of amides is 1. The fourth-order valence-corrected chi connectivity index (χ4v) is 2.41. The topological polar surface area (TPSA) is 99.8 Å². The molecule has 0 aliphatic rings. The lowest BCUT2D eigenvalue weighted by Crippen LogP contribution is -2.15. The molecule has 0 aromatic carbocycles. The highest BCUT2D eigenvalue weighted by molar-refractivity contribution is 6.37. The molecule has 1 amide bonds. The monoisotopic (exact) mass is 343 g/mol. The van der Waals surface area contributed by atoms with E-state index in [0.29, 0.717) is 11.4 Å². The van der Waals surface area contributed by atoms with Crippen LogP contribution in [-0.4, -0.2) is 20.7 Å². The number of hydrogen-bond donors (Lipinski definition) is 2. The number of aromatic nitrogens is 3.